The number of amides is 1. The summed E-state index contributed by atoms with van der Waals surface area (Å²) in [5, 5.41) is 23.2. The molecule has 1 saturated heterocycles. The molecule has 0 bridgehead atoms. The second-order valence-corrected chi connectivity index (χ2v) is 8.76. The standard InChI is InChI=1S/C23H31N5O3/c1-15(17-7-3-2-4-8-17)25-22(30)19-20(29)23(31)27-21(26-19)18-10-9-16(13-24-18)14-28-11-5-6-12-28/h9-10,13,15,17,29H,2-8,11-12,14H2,1H3,(H,25,30)(H,26,27,31). The van der Waals surface area contributed by atoms with Gasteiger partial charge >= 0.3 is 0 Å². The van der Waals surface area contributed by atoms with Crippen LogP contribution in [0.1, 0.15) is 67.9 Å². The molecule has 1 aliphatic heterocycles. The summed E-state index contributed by atoms with van der Waals surface area (Å²) in [5.74, 6) is -1.22. The number of hydrogen-bond donors (Lipinski definition) is 3. The molecular weight excluding hydrogens is 394 g/mol. The number of carbonyl (C=O) groups excluding carboxylic acids is 1. The molecule has 166 valence electrons. The average Bonchev–Trinajstić information content (AvgIpc) is 3.29. The normalized spacial score (nSPS) is 18.7. The summed E-state index contributed by atoms with van der Waals surface area (Å²) in [7, 11) is 0. The largest absolute Gasteiger partial charge is 0.501 e. The van der Waals surface area contributed by atoms with E-state index in [1.54, 1.807) is 12.3 Å². The first kappa shape index (κ1) is 21.5. The van der Waals surface area contributed by atoms with Gasteiger partial charge in [-0.3, -0.25) is 14.7 Å². The number of carbonyl (C=O) groups is 1. The number of nitrogens with zero attached hydrogens (tertiary/aromatic N) is 4. The highest BCUT2D eigenvalue weighted by atomic mass is 16.3. The van der Waals surface area contributed by atoms with Crippen molar-refractivity contribution in [1.82, 2.24) is 25.2 Å². The van der Waals surface area contributed by atoms with Crippen molar-refractivity contribution in [2.24, 2.45) is 5.92 Å². The summed E-state index contributed by atoms with van der Waals surface area (Å²) in [5.41, 5.74) is 1.30. The Labute approximate surface area is 182 Å². The fraction of sp³-hybridized carbons (Fsp3) is 0.565. The van der Waals surface area contributed by atoms with E-state index in [1.807, 2.05) is 13.0 Å². The summed E-state index contributed by atoms with van der Waals surface area (Å²) in [6.07, 6.45) is 9.99. The third-order valence-electron chi connectivity index (χ3n) is 6.46. The second kappa shape index (κ2) is 9.60. The van der Waals surface area contributed by atoms with Crippen LogP contribution in [0.4, 0.5) is 0 Å². The van der Waals surface area contributed by atoms with Crippen molar-refractivity contribution < 1.29 is 15.0 Å². The van der Waals surface area contributed by atoms with Crippen molar-refractivity contribution in [3.05, 3.63) is 29.6 Å². The van der Waals surface area contributed by atoms with Crippen molar-refractivity contribution >= 4 is 5.91 Å². The number of likely N-dealkylation sites (tertiary alicyclic amines) is 1. The Morgan fingerprint density at radius 3 is 2.55 bits per heavy atom. The molecule has 1 atom stereocenters. The highest BCUT2D eigenvalue weighted by Crippen LogP contribution is 2.30. The van der Waals surface area contributed by atoms with Crippen LogP contribution in [0.2, 0.25) is 0 Å². The zero-order chi connectivity index (χ0) is 21.8. The molecule has 2 aromatic rings. The van der Waals surface area contributed by atoms with Gasteiger partial charge in [0.05, 0.1) is 0 Å². The summed E-state index contributed by atoms with van der Waals surface area (Å²) >= 11 is 0. The van der Waals surface area contributed by atoms with Gasteiger partial charge < -0.3 is 15.5 Å². The van der Waals surface area contributed by atoms with Crippen LogP contribution < -0.4 is 5.32 Å². The predicted octanol–water partition coefficient (Wildman–Crippen LogP) is 3.24. The van der Waals surface area contributed by atoms with Gasteiger partial charge in [0.25, 0.3) is 11.8 Å². The van der Waals surface area contributed by atoms with E-state index in [4.69, 9.17) is 0 Å². The van der Waals surface area contributed by atoms with Crippen molar-refractivity contribution in [3.63, 3.8) is 0 Å². The molecule has 1 saturated carbocycles. The summed E-state index contributed by atoms with van der Waals surface area (Å²) in [4.78, 5) is 27.8. The summed E-state index contributed by atoms with van der Waals surface area (Å²) < 4.78 is 0. The molecule has 2 fully saturated rings. The molecular formula is C23H31N5O3. The number of nitrogens with one attached hydrogen (secondary N) is 1. The molecule has 3 heterocycles. The van der Waals surface area contributed by atoms with Gasteiger partial charge in [-0.25, -0.2) is 4.98 Å². The number of pyridine rings is 1. The highest BCUT2D eigenvalue weighted by molar-refractivity contribution is 5.96. The van der Waals surface area contributed by atoms with E-state index in [9.17, 15) is 15.0 Å². The number of rotatable bonds is 6. The third-order valence-corrected chi connectivity index (χ3v) is 6.46. The van der Waals surface area contributed by atoms with Crippen molar-refractivity contribution in [1.29, 1.82) is 0 Å². The second-order valence-electron chi connectivity index (χ2n) is 8.76. The van der Waals surface area contributed by atoms with Crippen LogP contribution in [0.15, 0.2) is 18.3 Å². The molecule has 1 aliphatic carbocycles. The van der Waals surface area contributed by atoms with Crippen LogP contribution >= 0.6 is 0 Å². The zero-order valence-electron chi connectivity index (χ0n) is 18.0. The molecule has 3 N–H and O–H groups in total. The first-order valence-corrected chi connectivity index (χ1v) is 11.3. The minimum atomic E-state index is -0.622. The SMILES string of the molecule is CC(NC(=O)c1nc(-c2ccc(CN3CCCC3)cn2)nc(O)c1O)C1CCCCC1. The average molecular weight is 426 g/mol. The number of aromatic hydroxyl groups is 2. The van der Waals surface area contributed by atoms with Crippen LogP contribution in [-0.4, -0.2) is 55.1 Å². The Hall–Kier alpha value is -2.74. The van der Waals surface area contributed by atoms with Crippen LogP contribution in [-0.2, 0) is 6.54 Å². The van der Waals surface area contributed by atoms with E-state index in [1.165, 1.54) is 32.1 Å². The third kappa shape index (κ3) is 5.12. The van der Waals surface area contributed by atoms with Crippen LogP contribution in [0.3, 0.4) is 0 Å². The van der Waals surface area contributed by atoms with Gasteiger partial charge in [-0.2, -0.15) is 4.98 Å². The lowest BCUT2D eigenvalue weighted by Crippen LogP contribution is -2.39. The first-order chi connectivity index (χ1) is 15.0. The minimum absolute atomic E-state index is 0.0317. The fourth-order valence-corrected chi connectivity index (χ4v) is 4.59. The molecule has 31 heavy (non-hydrogen) atoms. The summed E-state index contributed by atoms with van der Waals surface area (Å²) in [6.45, 7) is 5.04. The monoisotopic (exact) mass is 425 g/mol. The van der Waals surface area contributed by atoms with Gasteiger partial charge in [0.15, 0.2) is 11.5 Å². The van der Waals surface area contributed by atoms with Gasteiger partial charge in [-0.15, -0.1) is 0 Å². The smallest absolute Gasteiger partial charge is 0.274 e. The first-order valence-electron chi connectivity index (χ1n) is 11.3. The molecule has 8 heteroatoms. The quantitative estimate of drug-likeness (QED) is 0.651. The maximum atomic E-state index is 12.8. The Bertz CT molecular complexity index is 906. The van der Waals surface area contributed by atoms with Crippen LogP contribution in [0.5, 0.6) is 11.6 Å². The Kier molecular flexibility index (Phi) is 6.65. The van der Waals surface area contributed by atoms with Crippen molar-refractivity contribution in [2.75, 3.05) is 13.1 Å². The highest BCUT2D eigenvalue weighted by Gasteiger charge is 2.26. The topological polar surface area (TPSA) is 111 Å². The fourth-order valence-electron chi connectivity index (χ4n) is 4.59. The van der Waals surface area contributed by atoms with Gasteiger partial charge in [-0.1, -0.05) is 25.3 Å². The maximum absolute atomic E-state index is 12.8. The van der Waals surface area contributed by atoms with E-state index in [-0.39, 0.29) is 17.6 Å². The van der Waals surface area contributed by atoms with Gasteiger partial charge in [0, 0.05) is 18.8 Å². The molecule has 2 aliphatic rings. The van der Waals surface area contributed by atoms with E-state index < -0.39 is 17.5 Å². The molecule has 0 aromatic carbocycles. The van der Waals surface area contributed by atoms with E-state index in [0.717, 1.165) is 38.0 Å². The van der Waals surface area contributed by atoms with E-state index in [0.29, 0.717) is 11.6 Å². The Morgan fingerprint density at radius 2 is 1.87 bits per heavy atom. The Morgan fingerprint density at radius 1 is 1.13 bits per heavy atom. The number of aromatic nitrogens is 3. The lowest BCUT2D eigenvalue weighted by atomic mass is 9.84. The van der Waals surface area contributed by atoms with Gasteiger partial charge in [0.1, 0.15) is 5.69 Å². The van der Waals surface area contributed by atoms with Crippen molar-refractivity contribution in [3.8, 4) is 23.1 Å². The molecule has 0 radical (unpaired) electrons. The van der Waals surface area contributed by atoms with E-state index >= 15 is 0 Å². The predicted molar refractivity (Wildman–Crippen MR) is 117 cm³/mol. The lowest BCUT2D eigenvalue weighted by molar-refractivity contribution is 0.0910. The maximum Gasteiger partial charge on any atom is 0.274 e. The lowest BCUT2D eigenvalue weighted by Gasteiger charge is -2.28. The molecule has 2 aromatic heterocycles. The van der Waals surface area contributed by atoms with Crippen molar-refractivity contribution in [2.45, 2.75) is 64.5 Å². The van der Waals surface area contributed by atoms with Crippen LogP contribution in [0.25, 0.3) is 11.5 Å². The molecule has 1 unspecified atom stereocenters. The molecule has 1 amide bonds. The van der Waals surface area contributed by atoms with Gasteiger partial charge in [-0.05, 0) is 63.2 Å². The molecule has 0 spiro atoms. The summed E-state index contributed by atoms with van der Waals surface area (Å²) in [6, 6.07) is 3.71. The van der Waals surface area contributed by atoms with Crippen LogP contribution in [0, 0.1) is 5.92 Å². The number of hydrogen-bond acceptors (Lipinski definition) is 7. The van der Waals surface area contributed by atoms with Gasteiger partial charge in [0.2, 0.25) is 5.75 Å². The Balaban J connectivity index is 1.49. The molecule has 4 rings (SSSR count). The van der Waals surface area contributed by atoms with E-state index in [2.05, 4.69) is 25.2 Å². The molecule has 8 nitrogen and oxygen atoms in total. The zero-order valence-corrected chi connectivity index (χ0v) is 18.0. The minimum Gasteiger partial charge on any atom is -0.501 e.